The predicted molar refractivity (Wildman–Crippen MR) is 132 cm³/mol. The van der Waals surface area contributed by atoms with Crippen molar-refractivity contribution >= 4 is 23.2 Å². The zero-order valence-electron chi connectivity index (χ0n) is 19.1. The lowest BCUT2D eigenvalue weighted by Crippen LogP contribution is -2.27. The van der Waals surface area contributed by atoms with E-state index in [4.69, 9.17) is 4.74 Å². The number of carbonyl (C=O) groups is 2. The first-order chi connectivity index (χ1) is 16.0. The van der Waals surface area contributed by atoms with Gasteiger partial charge in [0, 0.05) is 24.3 Å². The van der Waals surface area contributed by atoms with Gasteiger partial charge in [0.2, 0.25) is 11.8 Å². The molecule has 0 spiro atoms. The summed E-state index contributed by atoms with van der Waals surface area (Å²) in [5.74, 6) is 0.620. The maximum absolute atomic E-state index is 12.3. The first-order valence-corrected chi connectivity index (χ1v) is 11.2. The van der Waals surface area contributed by atoms with Gasteiger partial charge < -0.3 is 20.7 Å². The Morgan fingerprint density at radius 3 is 2.12 bits per heavy atom. The van der Waals surface area contributed by atoms with Crippen LogP contribution < -0.4 is 20.7 Å². The lowest BCUT2D eigenvalue weighted by molar-refractivity contribution is -0.116. The summed E-state index contributed by atoms with van der Waals surface area (Å²) in [7, 11) is 0. The van der Waals surface area contributed by atoms with Crippen molar-refractivity contribution in [2.45, 2.75) is 39.3 Å². The Balaban J connectivity index is 1.40. The van der Waals surface area contributed by atoms with E-state index in [0.29, 0.717) is 30.8 Å². The highest BCUT2D eigenvalue weighted by Gasteiger charge is 2.06. The van der Waals surface area contributed by atoms with Crippen LogP contribution in [0.3, 0.4) is 0 Å². The van der Waals surface area contributed by atoms with Crippen LogP contribution >= 0.6 is 0 Å². The van der Waals surface area contributed by atoms with Gasteiger partial charge in [-0.05, 0) is 61.7 Å². The molecular weight excluding hydrogens is 414 g/mol. The minimum absolute atomic E-state index is 0.0613. The highest BCUT2D eigenvalue weighted by Crippen LogP contribution is 2.16. The van der Waals surface area contributed by atoms with E-state index in [2.05, 4.69) is 16.0 Å². The molecular formula is C27H31N3O3. The largest absolute Gasteiger partial charge is 0.491 e. The summed E-state index contributed by atoms with van der Waals surface area (Å²) in [6, 6.07) is 24.9. The quantitative estimate of drug-likeness (QED) is 0.397. The average Bonchev–Trinajstić information content (AvgIpc) is 2.79. The van der Waals surface area contributed by atoms with Crippen LogP contribution in [0.15, 0.2) is 78.9 Å². The molecule has 3 rings (SSSR count). The number of amides is 2. The van der Waals surface area contributed by atoms with Crippen molar-refractivity contribution in [1.29, 1.82) is 0 Å². The fraction of sp³-hybridized carbons (Fsp3) is 0.259. The molecule has 0 unspecified atom stereocenters. The zero-order valence-corrected chi connectivity index (χ0v) is 19.1. The molecule has 0 aliphatic heterocycles. The molecule has 0 saturated carbocycles. The molecule has 2 amide bonds. The van der Waals surface area contributed by atoms with Gasteiger partial charge in [0.25, 0.3) is 0 Å². The van der Waals surface area contributed by atoms with Crippen molar-refractivity contribution in [2.24, 2.45) is 0 Å². The molecule has 0 aromatic heterocycles. The topological polar surface area (TPSA) is 79.5 Å². The first-order valence-electron chi connectivity index (χ1n) is 11.2. The van der Waals surface area contributed by atoms with Crippen LogP contribution in [0.5, 0.6) is 5.75 Å². The minimum atomic E-state index is -0.151. The van der Waals surface area contributed by atoms with Gasteiger partial charge in [-0.1, -0.05) is 48.5 Å². The highest BCUT2D eigenvalue weighted by molar-refractivity contribution is 5.94. The Bertz CT molecular complexity index is 1030. The molecule has 0 aliphatic rings. The maximum atomic E-state index is 12.3. The van der Waals surface area contributed by atoms with E-state index in [1.54, 1.807) is 24.3 Å². The van der Waals surface area contributed by atoms with Gasteiger partial charge >= 0.3 is 0 Å². The van der Waals surface area contributed by atoms with Crippen LogP contribution in [-0.4, -0.2) is 24.5 Å². The third kappa shape index (κ3) is 8.79. The molecule has 0 saturated heterocycles. The van der Waals surface area contributed by atoms with Gasteiger partial charge in [-0.25, -0.2) is 0 Å². The number of ether oxygens (including phenoxy) is 1. The van der Waals surface area contributed by atoms with E-state index < -0.39 is 0 Å². The number of hydrogen-bond acceptors (Lipinski definition) is 4. The lowest BCUT2D eigenvalue weighted by atomic mass is 10.1. The van der Waals surface area contributed by atoms with Crippen LogP contribution in [0.25, 0.3) is 0 Å². The molecule has 0 aliphatic carbocycles. The summed E-state index contributed by atoms with van der Waals surface area (Å²) in [6.07, 6.45) is 1.22. The SMILES string of the molecule is CC(C)Oc1ccc(CNCC(=O)Nc2cccc(NC(=O)CCc3ccccc3)c2)cc1. The lowest BCUT2D eigenvalue weighted by Gasteiger charge is -2.11. The van der Waals surface area contributed by atoms with Crippen molar-refractivity contribution in [3.8, 4) is 5.75 Å². The van der Waals surface area contributed by atoms with Crippen molar-refractivity contribution in [3.63, 3.8) is 0 Å². The second kappa shape index (κ2) is 12.4. The molecule has 0 radical (unpaired) electrons. The van der Waals surface area contributed by atoms with Crippen molar-refractivity contribution in [2.75, 3.05) is 17.2 Å². The molecule has 6 heteroatoms. The number of benzene rings is 3. The summed E-state index contributed by atoms with van der Waals surface area (Å²) in [4.78, 5) is 24.5. The van der Waals surface area contributed by atoms with E-state index in [0.717, 1.165) is 16.9 Å². The molecule has 3 aromatic carbocycles. The maximum Gasteiger partial charge on any atom is 0.238 e. The molecule has 0 fully saturated rings. The van der Waals surface area contributed by atoms with E-state index in [1.807, 2.05) is 68.4 Å². The van der Waals surface area contributed by atoms with E-state index in [9.17, 15) is 9.59 Å². The second-order valence-corrected chi connectivity index (χ2v) is 8.08. The minimum Gasteiger partial charge on any atom is -0.491 e. The predicted octanol–water partition coefficient (Wildman–Crippen LogP) is 4.77. The average molecular weight is 446 g/mol. The number of carbonyl (C=O) groups excluding carboxylic acids is 2. The standard InChI is InChI=1S/C27H31N3O3/c1-20(2)33-25-14-11-22(12-15-25)18-28-19-27(32)30-24-10-6-9-23(17-24)29-26(31)16-13-21-7-4-3-5-8-21/h3-12,14-15,17,20,28H,13,16,18-19H2,1-2H3,(H,29,31)(H,30,32). The third-order valence-corrected chi connectivity index (χ3v) is 4.82. The zero-order chi connectivity index (χ0) is 23.5. The molecule has 3 aromatic rings. The molecule has 172 valence electrons. The van der Waals surface area contributed by atoms with E-state index >= 15 is 0 Å². The van der Waals surface area contributed by atoms with Gasteiger partial charge in [-0.2, -0.15) is 0 Å². The Hall–Kier alpha value is -3.64. The number of hydrogen-bond donors (Lipinski definition) is 3. The van der Waals surface area contributed by atoms with Gasteiger partial charge in [-0.3, -0.25) is 9.59 Å². The molecule has 33 heavy (non-hydrogen) atoms. The second-order valence-electron chi connectivity index (χ2n) is 8.08. The normalized spacial score (nSPS) is 10.6. The van der Waals surface area contributed by atoms with Crippen molar-refractivity contribution in [1.82, 2.24) is 5.32 Å². The van der Waals surface area contributed by atoms with Crippen LogP contribution in [0, 0.1) is 0 Å². The van der Waals surface area contributed by atoms with E-state index in [-0.39, 0.29) is 24.5 Å². The van der Waals surface area contributed by atoms with Crippen LogP contribution in [0.2, 0.25) is 0 Å². The van der Waals surface area contributed by atoms with Gasteiger partial charge in [0.1, 0.15) is 5.75 Å². The molecule has 0 heterocycles. The molecule has 6 nitrogen and oxygen atoms in total. The van der Waals surface area contributed by atoms with Crippen molar-refractivity contribution in [3.05, 3.63) is 90.0 Å². The fourth-order valence-corrected chi connectivity index (χ4v) is 3.28. The molecule has 0 atom stereocenters. The smallest absolute Gasteiger partial charge is 0.238 e. The summed E-state index contributed by atoms with van der Waals surface area (Å²) >= 11 is 0. The Morgan fingerprint density at radius 1 is 0.788 bits per heavy atom. The van der Waals surface area contributed by atoms with Gasteiger partial charge in [-0.15, -0.1) is 0 Å². The Morgan fingerprint density at radius 2 is 1.45 bits per heavy atom. The van der Waals surface area contributed by atoms with Crippen LogP contribution in [-0.2, 0) is 22.6 Å². The third-order valence-electron chi connectivity index (χ3n) is 4.82. The number of anilines is 2. The number of nitrogens with one attached hydrogen (secondary N) is 3. The number of aryl methyl sites for hydroxylation is 1. The molecule has 0 bridgehead atoms. The highest BCUT2D eigenvalue weighted by atomic mass is 16.5. The summed E-state index contributed by atoms with van der Waals surface area (Å²) < 4.78 is 5.63. The number of rotatable bonds is 11. The summed E-state index contributed by atoms with van der Waals surface area (Å²) in [5.41, 5.74) is 3.49. The van der Waals surface area contributed by atoms with E-state index in [1.165, 1.54) is 0 Å². The van der Waals surface area contributed by atoms with Crippen LogP contribution in [0.4, 0.5) is 11.4 Å². The molecule has 3 N–H and O–H groups in total. The van der Waals surface area contributed by atoms with Gasteiger partial charge in [0.15, 0.2) is 0 Å². The summed E-state index contributed by atoms with van der Waals surface area (Å²) in [5, 5.41) is 8.89. The van der Waals surface area contributed by atoms with Gasteiger partial charge in [0.05, 0.1) is 12.6 Å². The van der Waals surface area contributed by atoms with Crippen LogP contribution in [0.1, 0.15) is 31.4 Å². The monoisotopic (exact) mass is 445 g/mol. The Kier molecular flexibility index (Phi) is 9.03. The Labute approximate surface area is 195 Å². The van der Waals surface area contributed by atoms with Crippen molar-refractivity contribution < 1.29 is 14.3 Å². The fourth-order valence-electron chi connectivity index (χ4n) is 3.28. The first kappa shape index (κ1) is 24.0. The summed E-state index contributed by atoms with van der Waals surface area (Å²) in [6.45, 7) is 4.73.